The van der Waals surface area contributed by atoms with Gasteiger partial charge in [-0.25, -0.2) is 0 Å². The Morgan fingerprint density at radius 2 is 1.66 bits per heavy atom. The van der Waals surface area contributed by atoms with E-state index in [0.29, 0.717) is 30.2 Å². The first kappa shape index (κ1) is 27.6. The number of rotatable bonds is 9. The first-order valence-corrected chi connectivity index (χ1v) is 13.6. The summed E-state index contributed by atoms with van der Waals surface area (Å²) in [6.07, 6.45) is 5.09. The number of hydrogen-bond acceptors (Lipinski definition) is 4. The molecule has 1 aliphatic heterocycles. The number of amides is 2. The fraction of sp³-hybridized carbons (Fsp3) is 0.484. The van der Waals surface area contributed by atoms with Gasteiger partial charge in [0.05, 0.1) is 6.42 Å². The van der Waals surface area contributed by atoms with Crippen molar-refractivity contribution in [2.45, 2.75) is 77.9 Å². The van der Waals surface area contributed by atoms with E-state index in [4.69, 9.17) is 10.1 Å². The van der Waals surface area contributed by atoms with E-state index in [1.54, 1.807) is 12.1 Å². The molecule has 2 N–H and O–H groups in total. The maximum absolute atomic E-state index is 13.7. The van der Waals surface area contributed by atoms with Gasteiger partial charge in [-0.05, 0) is 73.1 Å². The summed E-state index contributed by atoms with van der Waals surface area (Å²) in [7, 11) is 0. The zero-order chi connectivity index (χ0) is 27.3. The number of carboxylic acid groups (broad SMARTS) is 1. The van der Waals surface area contributed by atoms with Crippen molar-refractivity contribution >= 4 is 23.5 Å². The number of carbonyl (C=O) groups excluding carboxylic acids is 2. The molecule has 0 bridgehead atoms. The Labute approximate surface area is 225 Å². The van der Waals surface area contributed by atoms with Crippen LogP contribution in [0.5, 0.6) is 0 Å². The van der Waals surface area contributed by atoms with E-state index in [1.165, 1.54) is 5.56 Å². The largest absolute Gasteiger partial charge is 0.481 e. The van der Waals surface area contributed by atoms with Crippen molar-refractivity contribution in [3.05, 3.63) is 71.3 Å². The molecule has 0 saturated heterocycles. The van der Waals surface area contributed by atoms with Gasteiger partial charge in [0.2, 0.25) is 0 Å². The van der Waals surface area contributed by atoms with Crippen LogP contribution < -0.4 is 5.32 Å². The topological polar surface area (TPSA) is 99.1 Å². The second kappa shape index (κ2) is 11.5. The summed E-state index contributed by atoms with van der Waals surface area (Å²) in [5.41, 5.74) is 3.00. The van der Waals surface area contributed by atoms with Crippen molar-refractivity contribution in [2.24, 2.45) is 16.3 Å². The maximum atomic E-state index is 13.7. The normalized spacial score (nSPS) is 21.4. The van der Waals surface area contributed by atoms with Crippen LogP contribution in [0.1, 0.15) is 80.8 Å². The van der Waals surface area contributed by atoms with Gasteiger partial charge < -0.3 is 15.3 Å². The van der Waals surface area contributed by atoms with Gasteiger partial charge in [0.1, 0.15) is 11.4 Å². The van der Waals surface area contributed by atoms with E-state index in [0.717, 1.165) is 37.7 Å². The molecule has 2 aromatic carbocycles. The number of nitrogens with zero attached hydrogens (tertiary/aromatic N) is 2. The number of aliphatic carboxylic acids is 1. The number of carboxylic acids is 1. The van der Waals surface area contributed by atoms with Gasteiger partial charge >= 0.3 is 5.97 Å². The Morgan fingerprint density at radius 3 is 2.26 bits per heavy atom. The molecule has 7 nitrogen and oxygen atoms in total. The molecule has 1 aliphatic carbocycles. The Balaban J connectivity index is 1.49. The van der Waals surface area contributed by atoms with Crippen molar-refractivity contribution < 1.29 is 19.5 Å². The molecule has 0 aromatic heterocycles. The standard InChI is InChI=1S/C31H39N3O4/c1-30(2,3)25-15-18-31(19-16-25)33-26(14-11-22-7-5-4-6-8-22)29(38)34(31)21-23-9-12-24(13-10-23)28(37)32-20-17-27(35)36/h4-10,12-13,25H,11,14-21H2,1-3H3,(H,32,37)(H,35,36). The molecule has 4 rings (SSSR count). The monoisotopic (exact) mass is 517 g/mol. The highest BCUT2D eigenvalue weighted by atomic mass is 16.4. The molecular weight excluding hydrogens is 478 g/mol. The average Bonchev–Trinajstić information content (AvgIpc) is 3.13. The Morgan fingerprint density at radius 1 is 1.00 bits per heavy atom. The Kier molecular flexibility index (Phi) is 8.34. The van der Waals surface area contributed by atoms with Crippen LogP contribution >= 0.6 is 0 Å². The van der Waals surface area contributed by atoms with Gasteiger partial charge in [-0.2, -0.15) is 0 Å². The fourth-order valence-electron chi connectivity index (χ4n) is 5.65. The number of benzene rings is 2. The summed E-state index contributed by atoms with van der Waals surface area (Å²) < 4.78 is 0. The van der Waals surface area contributed by atoms with Gasteiger partial charge in [-0.3, -0.25) is 19.4 Å². The predicted octanol–water partition coefficient (Wildman–Crippen LogP) is 5.24. The summed E-state index contributed by atoms with van der Waals surface area (Å²) in [6.45, 7) is 7.40. The van der Waals surface area contributed by atoms with Crippen molar-refractivity contribution in [3.8, 4) is 0 Å². The highest BCUT2D eigenvalue weighted by Crippen LogP contribution is 2.46. The number of nitrogens with one attached hydrogen (secondary N) is 1. The first-order valence-electron chi connectivity index (χ1n) is 13.6. The van der Waals surface area contributed by atoms with Gasteiger partial charge in [-0.1, -0.05) is 63.2 Å². The van der Waals surface area contributed by atoms with Crippen LogP contribution in [-0.4, -0.2) is 45.7 Å². The third kappa shape index (κ3) is 6.50. The number of aryl methyl sites for hydroxylation is 1. The number of aliphatic imine (C=N–C) groups is 1. The van der Waals surface area contributed by atoms with Gasteiger partial charge in [0.15, 0.2) is 0 Å². The second-order valence-electron chi connectivity index (χ2n) is 11.7. The van der Waals surface area contributed by atoms with Crippen molar-refractivity contribution in [2.75, 3.05) is 6.54 Å². The zero-order valence-electron chi connectivity index (χ0n) is 22.7. The molecule has 0 unspecified atom stereocenters. The molecule has 1 spiro atoms. The lowest BCUT2D eigenvalue weighted by atomic mass is 9.69. The van der Waals surface area contributed by atoms with E-state index in [-0.39, 0.29) is 30.2 Å². The van der Waals surface area contributed by atoms with Crippen molar-refractivity contribution in [1.82, 2.24) is 10.2 Å². The van der Waals surface area contributed by atoms with Gasteiger partial charge in [-0.15, -0.1) is 0 Å². The van der Waals surface area contributed by atoms with E-state index >= 15 is 0 Å². The minimum atomic E-state index is -0.952. The zero-order valence-corrected chi connectivity index (χ0v) is 22.7. The van der Waals surface area contributed by atoms with Crippen LogP contribution in [0.4, 0.5) is 0 Å². The SMILES string of the molecule is CC(C)(C)C1CCC2(CC1)N=C(CCc1ccccc1)C(=O)N2Cc1ccc(C(=O)NCCC(=O)O)cc1. The molecule has 38 heavy (non-hydrogen) atoms. The van der Waals surface area contributed by atoms with E-state index in [2.05, 4.69) is 38.2 Å². The highest BCUT2D eigenvalue weighted by Gasteiger charge is 2.49. The van der Waals surface area contributed by atoms with E-state index in [9.17, 15) is 14.4 Å². The maximum Gasteiger partial charge on any atom is 0.305 e. The van der Waals surface area contributed by atoms with Crippen LogP contribution in [0, 0.1) is 11.3 Å². The molecule has 1 heterocycles. The second-order valence-corrected chi connectivity index (χ2v) is 11.7. The first-order chi connectivity index (χ1) is 18.1. The average molecular weight is 518 g/mol. The van der Waals surface area contributed by atoms with Crippen LogP contribution in [-0.2, 0) is 22.6 Å². The minimum absolute atomic E-state index is 0.0191. The molecule has 202 valence electrons. The van der Waals surface area contributed by atoms with Crippen LogP contribution in [0.3, 0.4) is 0 Å². The number of carbonyl (C=O) groups is 3. The quantitative estimate of drug-likeness (QED) is 0.475. The molecule has 1 saturated carbocycles. The van der Waals surface area contributed by atoms with E-state index in [1.807, 2.05) is 35.2 Å². The molecule has 1 fully saturated rings. The third-order valence-corrected chi connectivity index (χ3v) is 8.02. The van der Waals surface area contributed by atoms with Crippen LogP contribution in [0.15, 0.2) is 59.6 Å². The van der Waals surface area contributed by atoms with Crippen LogP contribution in [0.25, 0.3) is 0 Å². The molecule has 0 radical (unpaired) electrons. The van der Waals surface area contributed by atoms with Gasteiger partial charge in [0, 0.05) is 18.7 Å². The van der Waals surface area contributed by atoms with E-state index < -0.39 is 11.6 Å². The molecular formula is C31H39N3O4. The highest BCUT2D eigenvalue weighted by molar-refractivity contribution is 6.40. The lowest BCUT2D eigenvalue weighted by Crippen LogP contribution is -2.49. The summed E-state index contributed by atoms with van der Waals surface area (Å²) in [5.74, 6) is -0.636. The molecule has 0 atom stereocenters. The predicted molar refractivity (Wildman–Crippen MR) is 148 cm³/mol. The molecule has 2 aliphatic rings. The fourth-order valence-corrected chi connectivity index (χ4v) is 5.65. The summed E-state index contributed by atoms with van der Waals surface area (Å²) in [5, 5.41) is 11.4. The van der Waals surface area contributed by atoms with Gasteiger partial charge in [0.25, 0.3) is 11.8 Å². The lowest BCUT2D eigenvalue weighted by Gasteiger charge is -2.45. The summed E-state index contributed by atoms with van der Waals surface area (Å²) in [6, 6.07) is 17.4. The molecule has 2 aromatic rings. The summed E-state index contributed by atoms with van der Waals surface area (Å²) >= 11 is 0. The summed E-state index contributed by atoms with van der Waals surface area (Å²) in [4.78, 5) is 43.8. The Hall–Kier alpha value is -3.48. The number of hydrogen-bond donors (Lipinski definition) is 2. The molecule has 7 heteroatoms. The van der Waals surface area contributed by atoms with Crippen molar-refractivity contribution in [3.63, 3.8) is 0 Å². The smallest absolute Gasteiger partial charge is 0.305 e. The van der Waals surface area contributed by atoms with Crippen LogP contribution in [0.2, 0.25) is 0 Å². The third-order valence-electron chi connectivity index (χ3n) is 8.02. The minimum Gasteiger partial charge on any atom is -0.481 e. The lowest BCUT2D eigenvalue weighted by molar-refractivity contribution is -0.136. The van der Waals surface area contributed by atoms with Crippen molar-refractivity contribution in [1.29, 1.82) is 0 Å². The molecule has 2 amide bonds. The Bertz CT molecular complexity index is 1170.